The number of nitrogens with two attached hydrogens (primary N) is 1. The van der Waals surface area contributed by atoms with Gasteiger partial charge in [0.15, 0.2) is 11.5 Å². The van der Waals surface area contributed by atoms with Gasteiger partial charge in [-0.05, 0) is 35.7 Å². The molecule has 0 aromatic heterocycles. The molecule has 1 aliphatic rings. The molecular weight excluding hydrogens is 270 g/mol. The molecular formula is C16H15NO4. The highest BCUT2D eigenvalue weighted by atomic mass is 16.7. The number of carboxylic acids is 1. The Labute approximate surface area is 121 Å². The van der Waals surface area contributed by atoms with Crippen LogP contribution in [0.5, 0.6) is 11.5 Å². The molecule has 1 aliphatic heterocycles. The second-order valence-corrected chi connectivity index (χ2v) is 4.91. The summed E-state index contributed by atoms with van der Waals surface area (Å²) in [5.74, 6) is -0.344. The van der Waals surface area contributed by atoms with Crippen LogP contribution in [0.1, 0.15) is 17.0 Å². The van der Waals surface area contributed by atoms with Crippen molar-refractivity contribution in [3.05, 3.63) is 53.6 Å². The number of fused-ring (bicyclic) bond motifs is 1. The van der Waals surface area contributed by atoms with Gasteiger partial charge < -0.3 is 20.3 Å². The first-order valence-electron chi connectivity index (χ1n) is 6.61. The SMILES string of the molecule is Nc1ccccc1C[C@H](C(=O)O)c1ccc2c(c1)OCO2. The number of aliphatic carboxylic acids is 1. The van der Waals surface area contributed by atoms with Crippen LogP contribution in [0.25, 0.3) is 0 Å². The quantitative estimate of drug-likeness (QED) is 0.843. The van der Waals surface area contributed by atoms with E-state index < -0.39 is 11.9 Å². The lowest BCUT2D eigenvalue weighted by Gasteiger charge is -2.14. The van der Waals surface area contributed by atoms with Gasteiger partial charge in [-0.25, -0.2) is 0 Å². The molecule has 2 aromatic rings. The van der Waals surface area contributed by atoms with E-state index in [9.17, 15) is 9.90 Å². The van der Waals surface area contributed by atoms with Gasteiger partial charge in [-0.3, -0.25) is 4.79 Å². The topological polar surface area (TPSA) is 81.8 Å². The molecule has 2 aromatic carbocycles. The van der Waals surface area contributed by atoms with Crippen LogP contribution in [0.3, 0.4) is 0 Å². The Bertz CT molecular complexity index is 684. The fourth-order valence-corrected chi connectivity index (χ4v) is 2.42. The summed E-state index contributed by atoms with van der Waals surface area (Å²) in [4.78, 5) is 11.6. The lowest BCUT2D eigenvalue weighted by molar-refractivity contribution is -0.138. The molecule has 108 valence electrons. The Morgan fingerprint density at radius 3 is 2.71 bits per heavy atom. The fourth-order valence-electron chi connectivity index (χ4n) is 2.42. The molecule has 1 atom stereocenters. The molecule has 0 radical (unpaired) electrons. The molecule has 0 saturated heterocycles. The van der Waals surface area contributed by atoms with Crippen LogP contribution in [-0.4, -0.2) is 17.9 Å². The maximum absolute atomic E-state index is 11.6. The van der Waals surface area contributed by atoms with Crippen LogP contribution >= 0.6 is 0 Å². The third-order valence-electron chi connectivity index (χ3n) is 3.58. The average Bonchev–Trinajstić information content (AvgIpc) is 2.93. The Morgan fingerprint density at radius 1 is 1.19 bits per heavy atom. The molecule has 5 heteroatoms. The molecule has 0 amide bonds. The van der Waals surface area contributed by atoms with Crippen LogP contribution in [0.4, 0.5) is 5.69 Å². The molecule has 0 unspecified atom stereocenters. The normalized spacial score (nSPS) is 13.9. The number of anilines is 1. The number of carbonyl (C=O) groups is 1. The monoisotopic (exact) mass is 285 g/mol. The lowest BCUT2D eigenvalue weighted by Crippen LogP contribution is -2.15. The predicted octanol–water partition coefficient (Wildman–Crippen LogP) is 2.41. The van der Waals surface area contributed by atoms with Crippen LogP contribution < -0.4 is 15.2 Å². The van der Waals surface area contributed by atoms with Crippen molar-refractivity contribution in [1.82, 2.24) is 0 Å². The van der Waals surface area contributed by atoms with Crippen LogP contribution in [0.2, 0.25) is 0 Å². The van der Waals surface area contributed by atoms with Crippen LogP contribution in [-0.2, 0) is 11.2 Å². The molecule has 5 nitrogen and oxygen atoms in total. The van der Waals surface area contributed by atoms with Gasteiger partial charge in [-0.15, -0.1) is 0 Å². The number of hydrogen-bond donors (Lipinski definition) is 2. The zero-order valence-electron chi connectivity index (χ0n) is 11.3. The van der Waals surface area contributed by atoms with Gasteiger partial charge in [0, 0.05) is 5.69 Å². The van der Waals surface area contributed by atoms with Gasteiger partial charge in [0.1, 0.15) is 0 Å². The van der Waals surface area contributed by atoms with Crippen molar-refractivity contribution in [1.29, 1.82) is 0 Å². The maximum atomic E-state index is 11.6. The minimum atomic E-state index is -0.892. The van der Waals surface area contributed by atoms with Crippen molar-refractivity contribution < 1.29 is 19.4 Å². The Kier molecular flexibility index (Phi) is 3.39. The second-order valence-electron chi connectivity index (χ2n) is 4.91. The van der Waals surface area contributed by atoms with Crippen LogP contribution in [0, 0.1) is 0 Å². The van der Waals surface area contributed by atoms with Gasteiger partial charge in [-0.2, -0.15) is 0 Å². The van der Waals surface area contributed by atoms with Gasteiger partial charge in [-0.1, -0.05) is 24.3 Å². The summed E-state index contributed by atoms with van der Waals surface area (Å²) in [6.45, 7) is 0.169. The first-order valence-corrected chi connectivity index (χ1v) is 6.61. The Hall–Kier alpha value is -2.69. The van der Waals surface area contributed by atoms with E-state index in [2.05, 4.69) is 0 Å². The third kappa shape index (κ3) is 2.63. The largest absolute Gasteiger partial charge is 0.481 e. The van der Waals surface area contributed by atoms with E-state index in [4.69, 9.17) is 15.2 Å². The van der Waals surface area contributed by atoms with E-state index in [1.165, 1.54) is 0 Å². The summed E-state index contributed by atoms with van der Waals surface area (Å²) < 4.78 is 10.5. The minimum Gasteiger partial charge on any atom is -0.481 e. The molecule has 0 spiro atoms. The number of carboxylic acid groups (broad SMARTS) is 1. The number of para-hydroxylation sites is 1. The van der Waals surface area contributed by atoms with Gasteiger partial charge in [0.2, 0.25) is 6.79 Å². The first kappa shape index (κ1) is 13.3. The first-order chi connectivity index (χ1) is 10.1. The highest BCUT2D eigenvalue weighted by Gasteiger charge is 2.24. The van der Waals surface area contributed by atoms with Gasteiger partial charge in [0.25, 0.3) is 0 Å². The van der Waals surface area contributed by atoms with E-state index in [1.54, 1.807) is 24.3 Å². The predicted molar refractivity (Wildman–Crippen MR) is 77.5 cm³/mol. The summed E-state index contributed by atoms with van der Waals surface area (Å²) >= 11 is 0. The second kappa shape index (κ2) is 5.36. The summed E-state index contributed by atoms with van der Waals surface area (Å²) in [6.07, 6.45) is 0.335. The highest BCUT2D eigenvalue weighted by Crippen LogP contribution is 2.35. The highest BCUT2D eigenvalue weighted by molar-refractivity contribution is 5.77. The number of ether oxygens (including phenoxy) is 2. The molecule has 0 aliphatic carbocycles. The van der Waals surface area contributed by atoms with Crippen molar-refractivity contribution in [3.8, 4) is 11.5 Å². The summed E-state index contributed by atoms with van der Waals surface area (Å²) in [5, 5.41) is 9.51. The Balaban J connectivity index is 1.92. The Morgan fingerprint density at radius 2 is 1.95 bits per heavy atom. The van der Waals surface area contributed by atoms with E-state index >= 15 is 0 Å². The van der Waals surface area contributed by atoms with Crippen LogP contribution in [0.15, 0.2) is 42.5 Å². The van der Waals surface area contributed by atoms with Crippen molar-refractivity contribution >= 4 is 11.7 Å². The van der Waals surface area contributed by atoms with E-state index in [0.717, 1.165) is 5.56 Å². The van der Waals surface area contributed by atoms with Crippen molar-refractivity contribution in [2.45, 2.75) is 12.3 Å². The van der Waals surface area contributed by atoms with E-state index in [-0.39, 0.29) is 6.79 Å². The standard InChI is InChI=1S/C16H15NO4/c17-13-4-2-1-3-11(13)7-12(16(18)19)10-5-6-14-15(8-10)21-9-20-14/h1-6,8,12H,7,9,17H2,(H,18,19)/t12-/m0/s1. The molecule has 3 rings (SSSR count). The zero-order valence-corrected chi connectivity index (χ0v) is 11.3. The van der Waals surface area contributed by atoms with Crippen molar-refractivity contribution in [3.63, 3.8) is 0 Å². The fraction of sp³-hybridized carbons (Fsp3) is 0.188. The average molecular weight is 285 g/mol. The van der Waals surface area contributed by atoms with E-state index in [1.807, 2.05) is 18.2 Å². The third-order valence-corrected chi connectivity index (χ3v) is 3.58. The number of nitrogen functional groups attached to an aromatic ring is 1. The zero-order chi connectivity index (χ0) is 14.8. The molecule has 21 heavy (non-hydrogen) atoms. The van der Waals surface area contributed by atoms with E-state index in [0.29, 0.717) is 29.2 Å². The van der Waals surface area contributed by atoms with Crippen molar-refractivity contribution in [2.75, 3.05) is 12.5 Å². The number of benzene rings is 2. The van der Waals surface area contributed by atoms with Gasteiger partial charge >= 0.3 is 5.97 Å². The molecule has 0 fully saturated rings. The molecule has 0 bridgehead atoms. The smallest absolute Gasteiger partial charge is 0.311 e. The maximum Gasteiger partial charge on any atom is 0.311 e. The van der Waals surface area contributed by atoms with Gasteiger partial charge in [0.05, 0.1) is 5.92 Å². The summed E-state index contributed by atoms with van der Waals surface area (Å²) in [7, 11) is 0. The molecule has 3 N–H and O–H groups in total. The number of hydrogen-bond acceptors (Lipinski definition) is 4. The lowest BCUT2D eigenvalue weighted by atomic mass is 9.91. The minimum absolute atomic E-state index is 0.169. The summed E-state index contributed by atoms with van der Waals surface area (Å²) in [6, 6.07) is 12.5. The molecule has 0 saturated carbocycles. The number of rotatable bonds is 4. The summed E-state index contributed by atoms with van der Waals surface area (Å²) in [5.41, 5.74) is 8.00. The molecule has 1 heterocycles. The van der Waals surface area contributed by atoms with Crippen molar-refractivity contribution in [2.24, 2.45) is 0 Å².